The Bertz CT molecular complexity index is 584. The Morgan fingerprint density at radius 1 is 1.21 bits per heavy atom. The minimum Gasteiger partial charge on any atom is -0.330 e. The van der Waals surface area contributed by atoms with Crippen molar-refractivity contribution in [2.75, 3.05) is 6.54 Å². The number of nitrogens with zero attached hydrogens (tertiary/aromatic N) is 1. The van der Waals surface area contributed by atoms with E-state index >= 15 is 0 Å². The van der Waals surface area contributed by atoms with Gasteiger partial charge in [-0.25, -0.2) is 0 Å². The monoisotopic (exact) mass is 274 g/mol. The molecule has 0 aliphatic carbocycles. The van der Waals surface area contributed by atoms with E-state index in [2.05, 4.69) is 4.98 Å². The maximum Gasteiger partial charge on any atom is 0.167 e. The van der Waals surface area contributed by atoms with Crippen molar-refractivity contribution in [3.63, 3.8) is 0 Å². The molecule has 0 atom stereocenters. The van der Waals surface area contributed by atoms with Crippen molar-refractivity contribution in [1.29, 1.82) is 0 Å². The summed E-state index contributed by atoms with van der Waals surface area (Å²) in [5.74, 6) is 0.0529. The zero-order valence-electron chi connectivity index (χ0n) is 10.5. The Labute approximate surface area is 117 Å². The number of halogens is 1. The number of hydrogen-bond acceptors (Lipinski definition) is 3. The molecule has 1 aromatic carbocycles. The van der Waals surface area contributed by atoms with Crippen LogP contribution in [-0.2, 0) is 12.8 Å². The van der Waals surface area contributed by atoms with Gasteiger partial charge in [-0.1, -0.05) is 35.9 Å². The average molecular weight is 275 g/mol. The third kappa shape index (κ3) is 3.40. The van der Waals surface area contributed by atoms with E-state index < -0.39 is 0 Å². The molecule has 0 saturated carbocycles. The number of benzene rings is 1. The molecule has 2 rings (SSSR count). The second kappa shape index (κ2) is 6.45. The lowest BCUT2D eigenvalue weighted by Crippen LogP contribution is -2.11. The number of nitrogens with two attached hydrogens (primary N) is 1. The summed E-state index contributed by atoms with van der Waals surface area (Å²) < 4.78 is 0. The van der Waals surface area contributed by atoms with E-state index in [0.717, 1.165) is 16.7 Å². The molecule has 0 spiro atoms. The fourth-order valence-electron chi connectivity index (χ4n) is 1.98. The van der Waals surface area contributed by atoms with Crippen molar-refractivity contribution in [2.24, 2.45) is 5.73 Å². The SMILES string of the molecule is NCCc1ccccc1C(=O)Cc1ccncc1Cl. The first-order valence-electron chi connectivity index (χ1n) is 6.12. The van der Waals surface area contributed by atoms with E-state index in [1.165, 1.54) is 0 Å². The van der Waals surface area contributed by atoms with E-state index in [4.69, 9.17) is 17.3 Å². The fourth-order valence-corrected chi connectivity index (χ4v) is 2.17. The van der Waals surface area contributed by atoms with Gasteiger partial charge in [-0.05, 0) is 30.2 Å². The zero-order valence-corrected chi connectivity index (χ0v) is 11.2. The molecule has 98 valence electrons. The van der Waals surface area contributed by atoms with Crippen LogP contribution in [0.3, 0.4) is 0 Å². The van der Waals surface area contributed by atoms with Crippen molar-refractivity contribution in [3.05, 3.63) is 64.4 Å². The van der Waals surface area contributed by atoms with Crippen LogP contribution in [0.15, 0.2) is 42.7 Å². The third-order valence-electron chi connectivity index (χ3n) is 2.94. The predicted molar refractivity (Wildman–Crippen MR) is 76.5 cm³/mol. The first-order chi connectivity index (χ1) is 9.22. The van der Waals surface area contributed by atoms with Gasteiger partial charge in [0.25, 0.3) is 0 Å². The van der Waals surface area contributed by atoms with Crippen LogP contribution < -0.4 is 5.73 Å². The Morgan fingerprint density at radius 2 is 2.00 bits per heavy atom. The minimum atomic E-state index is 0.0529. The molecular weight excluding hydrogens is 260 g/mol. The van der Waals surface area contributed by atoms with Gasteiger partial charge in [-0.2, -0.15) is 0 Å². The maximum atomic E-state index is 12.3. The third-order valence-corrected chi connectivity index (χ3v) is 3.28. The molecule has 1 heterocycles. The highest BCUT2D eigenvalue weighted by Crippen LogP contribution is 2.18. The average Bonchev–Trinajstić information content (AvgIpc) is 2.42. The smallest absolute Gasteiger partial charge is 0.167 e. The summed E-state index contributed by atoms with van der Waals surface area (Å²) in [6.07, 6.45) is 4.17. The van der Waals surface area contributed by atoms with Gasteiger partial charge in [0.2, 0.25) is 0 Å². The van der Waals surface area contributed by atoms with Gasteiger partial charge in [-0.15, -0.1) is 0 Å². The molecule has 1 aromatic heterocycles. The van der Waals surface area contributed by atoms with Crippen LogP contribution in [0.5, 0.6) is 0 Å². The molecule has 0 bridgehead atoms. The van der Waals surface area contributed by atoms with Crippen LogP contribution in [0, 0.1) is 0 Å². The number of rotatable bonds is 5. The number of Topliss-reactive ketones (excluding diaryl/α,β-unsaturated/α-hetero) is 1. The topological polar surface area (TPSA) is 56.0 Å². The normalized spacial score (nSPS) is 10.4. The van der Waals surface area contributed by atoms with Gasteiger partial charge in [0.15, 0.2) is 5.78 Å². The van der Waals surface area contributed by atoms with E-state index in [0.29, 0.717) is 18.0 Å². The van der Waals surface area contributed by atoms with Gasteiger partial charge in [0, 0.05) is 24.4 Å². The zero-order chi connectivity index (χ0) is 13.7. The van der Waals surface area contributed by atoms with Gasteiger partial charge in [0.05, 0.1) is 5.02 Å². The summed E-state index contributed by atoms with van der Waals surface area (Å²) in [7, 11) is 0. The van der Waals surface area contributed by atoms with E-state index in [1.54, 1.807) is 18.5 Å². The lowest BCUT2D eigenvalue weighted by atomic mass is 9.97. The highest BCUT2D eigenvalue weighted by molar-refractivity contribution is 6.31. The van der Waals surface area contributed by atoms with E-state index in [-0.39, 0.29) is 12.2 Å². The van der Waals surface area contributed by atoms with Crippen molar-refractivity contribution in [2.45, 2.75) is 12.8 Å². The lowest BCUT2D eigenvalue weighted by molar-refractivity contribution is 0.0992. The van der Waals surface area contributed by atoms with Gasteiger partial charge >= 0.3 is 0 Å². The molecular formula is C15H15ClN2O. The molecule has 19 heavy (non-hydrogen) atoms. The van der Waals surface area contributed by atoms with Crippen LogP contribution in [0.2, 0.25) is 5.02 Å². The molecule has 4 heteroatoms. The number of ketones is 1. The first kappa shape index (κ1) is 13.7. The first-order valence-corrected chi connectivity index (χ1v) is 6.49. The number of carbonyl (C=O) groups is 1. The number of hydrogen-bond donors (Lipinski definition) is 1. The molecule has 0 radical (unpaired) electrons. The molecule has 0 saturated heterocycles. The lowest BCUT2D eigenvalue weighted by Gasteiger charge is -2.08. The van der Waals surface area contributed by atoms with Crippen LogP contribution in [0.4, 0.5) is 0 Å². The quantitative estimate of drug-likeness (QED) is 0.853. The molecule has 2 N–H and O–H groups in total. The molecule has 0 fully saturated rings. The van der Waals surface area contributed by atoms with Crippen LogP contribution in [0.1, 0.15) is 21.5 Å². The second-order valence-electron chi connectivity index (χ2n) is 4.26. The van der Waals surface area contributed by atoms with E-state index in [9.17, 15) is 4.79 Å². The van der Waals surface area contributed by atoms with Crippen molar-refractivity contribution in [3.8, 4) is 0 Å². The fraction of sp³-hybridized carbons (Fsp3) is 0.200. The maximum absolute atomic E-state index is 12.3. The second-order valence-corrected chi connectivity index (χ2v) is 4.67. The van der Waals surface area contributed by atoms with Crippen molar-refractivity contribution < 1.29 is 4.79 Å². The summed E-state index contributed by atoms with van der Waals surface area (Å²) in [5, 5.41) is 0.521. The molecule has 0 aliphatic heterocycles. The summed E-state index contributed by atoms with van der Waals surface area (Å²) in [6, 6.07) is 9.32. The van der Waals surface area contributed by atoms with Gasteiger partial charge in [-0.3, -0.25) is 9.78 Å². The Kier molecular flexibility index (Phi) is 4.66. The Hall–Kier alpha value is -1.71. The summed E-state index contributed by atoms with van der Waals surface area (Å²) in [6.45, 7) is 0.528. The van der Waals surface area contributed by atoms with E-state index in [1.807, 2.05) is 24.3 Å². The number of aromatic nitrogens is 1. The molecule has 2 aromatic rings. The summed E-state index contributed by atoms with van der Waals surface area (Å²) in [4.78, 5) is 16.3. The highest BCUT2D eigenvalue weighted by Gasteiger charge is 2.12. The van der Waals surface area contributed by atoms with Gasteiger partial charge in [0.1, 0.15) is 0 Å². The standard InChI is InChI=1S/C15H15ClN2O/c16-14-10-18-8-6-12(14)9-15(19)13-4-2-1-3-11(13)5-7-17/h1-4,6,8,10H,5,7,9,17H2. The molecule has 0 unspecified atom stereocenters. The number of pyridine rings is 1. The van der Waals surface area contributed by atoms with Gasteiger partial charge < -0.3 is 5.73 Å². The van der Waals surface area contributed by atoms with Crippen LogP contribution in [-0.4, -0.2) is 17.3 Å². The number of carbonyl (C=O) groups excluding carboxylic acids is 1. The largest absolute Gasteiger partial charge is 0.330 e. The minimum absolute atomic E-state index is 0.0529. The molecule has 3 nitrogen and oxygen atoms in total. The Morgan fingerprint density at radius 3 is 2.74 bits per heavy atom. The molecule has 0 amide bonds. The van der Waals surface area contributed by atoms with Crippen LogP contribution >= 0.6 is 11.6 Å². The van der Waals surface area contributed by atoms with Crippen molar-refractivity contribution in [1.82, 2.24) is 4.98 Å². The molecule has 0 aliphatic rings. The summed E-state index contributed by atoms with van der Waals surface area (Å²) in [5.41, 5.74) is 8.07. The van der Waals surface area contributed by atoms with Crippen LogP contribution in [0.25, 0.3) is 0 Å². The van der Waals surface area contributed by atoms with Crippen molar-refractivity contribution >= 4 is 17.4 Å². The predicted octanol–water partition coefficient (Wildman–Crippen LogP) is 2.66. The highest BCUT2D eigenvalue weighted by atomic mass is 35.5. The Balaban J connectivity index is 2.23. The summed E-state index contributed by atoms with van der Waals surface area (Å²) >= 11 is 6.02.